The zero-order valence-electron chi connectivity index (χ0n) is 32.8. The predicted octanol–water partition coefficient (Wildman–Crippen LogP) is 11.8. The van der Waals surface area contributed by atoms with E-state index in [4.69, 9.17) is 4.74 Å². The van der Waals surface area contributed by atoms with Crippen molar-refractivity contribution >= 4 is 78.5 Å². The van der Waals surface area contributed by atoms with Crippen LogP contribution in [0.25, 0.3) is 66.1 Å². The molecule has 0 amide bonds. The van der Waals surface area contributed by atoms with E-state index in [9.17, 15) is 5.26 Å². The lowest BCUT2D eigenvalue weighted by atomic mass is 9.35. The highest BCUT2D eigenvalue weighted by Gasteiger charge is 2.40. The average molecular weight is 774 g/mol. The Morgan fingerprint density at radius 1 is 0.559 bits per heavy atom. The monoisotopic (exact) mass is 773 g/mol. The number of fused-ring (bicyclic) bond motifs is 10. The van der Waals surface area contributed by atoms with Gasteiger partial charge in [-0.15, -0.1) is 0 Å². The van der Waals surface area contributed by atoms with Crippen LogP contribution >= 0.6 is 11.8 Å². The van der Waals surface area contributed by atoms with Gasteiger partial charge in [0.15, 0.2) is 0 Å². The second-order valence-electron chi connectivity index (χ2n) is 16.8. The fourth-order valence-electron chi connectivity index (χ4n) is 9.64. The fraction of sp³-hybridized carbons (Fsp3) is 0.0755. The van der Waals surface area contributed by atoms with Crippen LogP contribution in [0, 0.1) is 11.3 Å². The van der Waals surface area contributed by atoms with Crippen molar-refractivity contribution in [1.29, 1.82) is 5.26 Å². The Hall–Kier alpha value is -6.94. The van der Waals surface area contributed by atoms with Gasteiger partial charge in [0.1, 0.15) is 11.5 Å². The van der Waals surface area contributed by atoms with Gasteiger partial charge in [-0.1, -0.05) is 129 Å². The van der Waals surface area contributed by atoms with Crippen molar-refractivity contribution < 1.29 is 4.74 Å². The number of nitrogens with zero attached hydrogens (tertiary/aromatic N) is 3. The van der Waals surface area contributed by atoms with Crippen molar-refractivity contribution in [2.75, 3.05) is 0 Å². The summed E-state index contributed by atoms with van der Waals surface area (Å²) in [4.78, 5) is 2.50. The zero-order chi connectivity index (χ0) is 39.6. The van der Waals surface area contributed by atoms with Crippen LogP contribution in [0.4, 0.5) is 0 Å². The fourth-order valence-corrected chi connectivity index (χ4v) is 10.9. The molecule has 59 heavy (non-hydrogen) atoms. The van der Waals surface area contributed by atoms with E-state index in [1.165, 1.54) is 58.9 Å². The molecule has 4 nitrogen and oxygen atoms in total. The molecule has 0 N–H and O–H groups in total. The summed E-state index contributed by atoms with van der Waals surface area (Å²) in [7, 11) is 0. The summed E-state index contributed by atoms with van der Waals surface area (Å²) in [6.07, 6.45) is 0. The Kier molecular flexibility index (Phi) is 7.25. The number of hydrogen-bond donors (Lipinski definition) is 0. The van der Waals surface area contributed by atoms with E-state index in [0.29, 0.717) is 5.56 Å². The number of rotatable bonds is 3. The molecular formula is C53H36BN3OS. The Morgan fingerprint density at radius 3 is 1.76 bits per heavy atom. The van der Waals surface area contributed by atoms with Gasteiger partial charge in [0.25, 0.3) is 6.71 Å². The first-order valence-electron chi connectivity index (χ1n) is 20.2. The molecule has 2 aliphatic rings. The van der Waals surface area contributed by atoms with Gasteiger partial charge in [-0.3, -0.25) is 0 Å². The topological polar surface area (TPSA) is 42.9 Å². The van der Waals surface area contributed by atoms with E-state index in [2.05, 4.69) is 188 Å². The van der Waals surface area contributed by atoms with Gasteiger partial charge in [-0.05, 0) is 100 Å². The Labute approximate surface area is 347 Å². The average Bonchev–Trinajstić information content (AvgIpc) is 3.78. The second kappa shape index (κ2) is 12.5. The van der Waals surface area contributed by atoms with Gasteiger partial charge in [0.2, 0.25) is 0 Å². The van der Waals surface area contributed by atoms with E-state index in [0.717, 1.165) is 50.5 Å². The molecule has 10 aromatic rings. The third-order valence-corrected chi connectivity index (χ3v) is 13.6. The molecule has 4 heterocycles. The first-order valence-corrected chi connectivity index (χ1v) is 21.0. The molecule has 278 valence electrons. The highest BCUT2D eigenvalue weighted by Crippen LogP contribution is 2.43. The summed E-state index contributed by atoms with van der Waals surface area (Å²) in [6, 6.07) is 61.3. The summed E-state index contributed by atoms with van der Waals surface area (Å²) < 4.78 is 11.8. The molecule has 2 aromatic heterocycles. The van der Waals surface area contributed by atoms with Crippen LogP contribution in [0.15, 0.2) is 174 Å². The molecule has 8 aromatic carbocycles. The highest BCUT2D eigenvalue weighted by molar-refractivity contribution is 8.00. The molecule has 0 saturated heterocycles. The summed E-state index contributed by atoms with van der Waals surface area (Å²) in [5.74, 6) is 1.76. The zero-order valence-corrected chi connectivity index (χ0v) is 33.6. The smallest absolute Gasteiger partial charge is 0.253 e. The number of nitriles is 1. The van der Waals surface area contributed by atoms with E-state index in [1.807, 2.05) is 23.9 Å². The van der Waals surface area contributed by atoms with Gasteiger partial charge >= 0.3 is 0 Å². The normalized spacial score (nSPS) is 13.0. The third kappa shape index (κ3) is 5.05. The van der Waals surface area contributed by atoms with Gasteiger partial charge in [-0.25, -0.2) is 0 Å². The van der Waals surface area contributed by atoms with E-state index >= 15 is 0 Å². The first-order chi connectivity index (χ1) is 28.8. The number of benzene rings is 8. The predicted molar refractivity (Wildman–Crippen MR) is 246 cm³/mol. The van der Waals surface area contributed by atoms with Crippen LogP contribution in [0.5, 0.6) is 11.5 Å². The van der Waals surface area contributed by atoms with Crippen molar-refractivity contribution in [2.45, 2.75) is 36.0 Å². The van der Waals surface area contributed by atoms with Crippen molar-refractivity contribution in [1.82, 2.24) is 9.13 Å². The van der Waals surface area contributed by atoms with Gasteiger partial charge in [0.05, 0.1) is 39.4 Å². The van der Waals surface area contributed by atoms with Crippen LogP contribution in [0.3, 0.4) is 0 Å². The summed E-state index contributed by atoms with van der Waals surface area (Å²) in [6.45, 7) is 6.81. The van der Waals surface area contributed by atoms with Crippen LogP contribution in [0.1, 0.15) is 31.9 Å². The minimum atomic E-state index is -0.0763. The van der Waals surface area contributed by atoms with Gasteiger partial charge in [0, 0.05) is 42.6 Å². The maximum absolute atomic E-state index is 10.2. The SMILES string of the molecule is CC(C)(C)c1cc2c3c(c1)Sc1cc(-n4c5ccccc5c5ccccc54)ccc1B3c1ccc(-c3cc(C#N)ccc3-n3c4ccccc4c4ccccc43)cc1O2. The molecule has 0 bridgehead atoms. The minimum Gasteiger partial charge on any atom is -0.458 e. The summed E-state index contributed by atoms with van der Waals surface area (Å²) in [5.41, 5.74) is 14.3. The first kappa shape index (κ1) is 34.1. The van der Waals surface area contributed by atoms with Gasteiger partial charge in [-0.2, -0.15) is 5.26 Å². The number of aromatic nitrogens is 2. The van der Waals surface area contributed by atoms with E-state index < -0.39 is 0 Å². The lowest BCUT2D eigenvalue weighted by Gasteiger charge is -2.35. The van der Waals surface area contributed by atoms with E-state index in [1.54, 1.807) is 0 Å². The number of para-hydroxylation sites is 4. The van der Waals surface area contributed by atoms with Crippen LogP contribution in [-0.2, 0) is 5.41 Å². The minimum absolute atomic E-state index is 0.00230. The maximum atomic E-state index is 10.2. The van der Waals surface area contributed by atoms with Gasteiger partial charge < -0.3 is 13.9 Å². The summed E-state index contributed by atoms with van der Waals surface area (Å²) >= 11 is 1.86. The molecule has 0 saturated carbocycles. The molecule has 0 atom stereocenters. The highest BCUT2D eigenvalue weighted by atomic mass is 32.2. The van der Waals surface area contributed by atoms with Crippen LogP contribution in [0.2, 0.25) is 0 Å². The van der Waals surface area contributed by atoms with Crippen LogP contribution < -0.4 is 21.1 Å². The molecule has 0 radical (unpaired) electrons. The van der Waals surface area contributed by atoms with Crippen molar-refractivity contribution in [3.05, 3.63) is 175 Å². The lowest BCUT2D eigenvalue weighted by molar-refractivity contribution is 0.482. The molecule has 2 aliphatic heterocycles. The van der Waals surface area contributed by atoms with Crippen LogP contribution in [-0.4, -0.2) is 15.8 Å². The lowest BCUT2D eigenvalue weighted by Crippen LogP contribution is -2.57. The van der Waals surface area contributed by atoms with Crippen molar-refractivity contribution in [3.63, 3.8) is 0 Å². The summed E-state index contributed by atoms with van der Waals surface area (Å²) in [5, 5.41) is 15.1. The Balaban J connectivity index is 1.06. The van der Waals surface area contributed by atoms with Crippen molar-refractivity contribution in [2.24, 2.45) is 0 Å². The number of hydrogen-bond acceptors (Lipinski definition) is 3. The molecule has 12 rings (SSSR count). The molecule has 6 heteroatoms. The Morgan fingerprint density at radius 2 is 1.15 bits per heavy atom. The maximum Gasteiger partial charge on any atom is 0.253 e. The second-order valence-corrected chi connectivity index (χ2v) is 17.9. The molecule has 0 aliphatic carbocycles. The molecular weight excluding hydrogens is 737 g/mol. The quantitative estimate of drug-likeness (QED) is 0.168. The van der Waals surface area contributed by atoms with E-state index in [-0.39, 0.29) is 12.1 Å². The standard InChI is InChI=1S/C53H36BN3OS/c1-53(2,3)34-28-49-52-51(29-34)59-50-30-35(56-43-16-8-4-12-36(43)37-13-5-9-17-44(37)56)22-24-42(50)54(52)41-23-21-33(27-48(41)58-49)40-26-32(31-55)20-25-47(40)57-45-18-10-6-14-38(45)39-15-7-11-19-46(39)57/h4-30H,1-3H3. The number of ether oxygens (including phenoxy) is 1. The van der Waals surface area contributed by atoms with Crippen molar-refractivity contribution in [3.8, 4) is 40.1 Å². The Bertz CT molecular complexity index is 3360. The third-order valence-electron chi connectivity index (χ3n) is 12.4. The molecule has 0 spiro atoms. The largest absolute Gasteiger partial charge is 0.458 e. The molecule has 0 unspecified atom stereocenters. The molecule has 0 fully saturated rings.